The third-order valence-electron chi connectivity index (χ3n) is 9.46. The van der Waals surface area contributed by atoms with Crippen molar-refractivity contribution in [3.63, 3.8) is 0 Å². The molecule has 2 amide bonds. The molecule has 2 aromatic carbocycles. The van der Waals surface area contributed by atoms with E-state index in [1.807, 2.05) is 13.8 Å². The zero-order valence-electron chi connectivity index (χ0n) is 26.5. The SMILES string of the molecule is COC(=O)N[C@H](C(=O)Nc1cccc(F)c1CC[C@H]1CN[C@@H]2CCCS(=O)(=O)N1C2)[C@@H](c1ccc(F)cc1)[C@H]1C[C@@H](C)O[C@@H](C)C1. The standard InChI is InChI=1S/C33H44F2N4O6S/c1-20-16-23(17-21(2)45-20)30(22-9-11-24(34)12-10-22)31(38-33(41)44-3)32(40)37-29-8-4-7-28(35)27(29)14-13-26-18-36-25-6-5-15-46(42,43)39(26)19-25/h4,7-12,20-21,23,25-26,30-31,36H,5-6,13-19H2,1-3H3,(H,37,40)(H,38,41)/t20-,21+,23+,25-,26+,30+,31+/m1/s1. The smallest absolute Gasteiger partial charge is 0.407 e. The van der Waals surface area contributed by atoms with Gasteiger partial charge >= 0.3 is 6.09 Å². The number of amides is 2. The molecular weight excluding hydrogens is 618 g/mol. The number of hydrogen-bond acceptors (Lipinski definition) is 7. The van der Waals surface area contributed by atoms with Gasteiger partial charge in [0.05, 0.1) is 25.1 Å². The van der Waals surface area contributed by atoms with Gasteiger partial charge in [-0.15, -0.1) is 0 Å². The van der Waals surface area contributed by atoms with Crippen molar-refractivity contribution in [2.45, 2.75) is 88.6 Å². The Morgan fingerprint density at radius 3 is 2.52 bits per heavy atom. The van der Waals surface area contributed by atoms with E-state index in [0.29, 0.717) is 44.3 Å². The largest absolute Gasteiger partial charge is 0.453 e. The number of nitrogens with one attached hydrogen (secondary N) is 3. The number of benzene rings is 2. The van der Waals surface area contributed by atoms with Crippen LogP contribution in [0.15, 0.2) is 42.5 Å². The summed E-state index contributed by atoms with van der Waals surface area (Å²) >= 11 is 0. The van der Waals surface area contributed by atoms with E-state index in [2.05, 4.69) is 16.0 Å². The number of sulfonamides is 1. The second-order valence-corrected chi connectivity index (χ2v) is 14.8. The number of nitrogens with zero attached hydrogens (tertiary/aromatic N) is 1. The predicted octanol–water partition coefficient (Wildman–Crippen LogP) is 4.31. The lowest BCUT2D eigenvalue weighted by molar-refractivity contribution is -0.120. The summed E-state index contributed by atoms with van der Waals surface area (Å²) in [4.78, 5) is 26.8. The van der Waals surface area contributed by atoms with Gasteiger partial charge in [-0.05, 0) is 88.1 Å². The van der Waals surface area contributed by atoms with Gasteiger partial charge < -0.3 is 25.4 Å². The average molecular weight is 663 g/mol. The molecule has 0 spiro atoms. The highest BCUT2D eigenvalue weighted by molar-refractivity contribution is 7.89. The lowest BCUT2D eigenvalue weighted by Crippen LogP contribution is -2.57. The maximum atomic E-state index is 15.4. The van der Waals surface area contributed by atoms with Crippen LogP contribution >= 0.6 is 0 Å². The van der Waals surface area contributed by atoms with Gasteiger partial charge in [0.1, 0.15) is 17.7 Å². The van der Waals surface area contributed by atoms with Gasteiger partial charge in [-0.1, -0.05) is 18.2 Å². The monoisotopic (exact) mass is 662 g/mol. The zero-order chi connectivity index (χ0) is 33.0. The van der Waals surface area contributed by atoms with Gasteiger partial charge in [-0.2, -0.15) is 4.31 Å². The maximum Gasteiger partial charge on any atom is 0.407 e. The highest BCUT2D eigenvalue weighted by atomic mass is 32.2. The summed E-state index contributed by atoms with van der Waals surface area (Å²) in [5.41, 5.74) is 1.13. The first-order valence-electron chi connectivity index (χ1n) is 16.0. The molecule has 3 heterocycles. The Morgan fingerprint density at radius 1 is 1.11 bits per heavy atom. The molecule has 10 nitrogen and oxygen atoms in total. The molecule has 0 aliphatic carbocycles. The quantitative estimate of drug-likeness (QED) is 0.366. The fourth-order valence-corrected chi connectivity index (χ4v) is 9.18. The predicted molar refractivity (Wildman–Crippen MR) is 170 cm³/mol. The summed E-state index contributed by atoms with van der Waals surface area (Å²) in [7, 11) is -2.22. The molecule has 8 atom stereocenters. The minimum Gasteiger partial charge on any atom is -0.453 e. The lowest BCUT2D eigenvalue weighted by Gasteiger charge is -2.40. The molecule has 0 radical (unpaired) electrons. The molecule has 46 heavy (non-hydrogen) atoms. The number of methoxy groups -OCH3 is 1. The van der Waals surface area contributed by atoms with E-state index in [4.69, 9.17) is 9.47 Å². The van der Waals surface area contributed by atoms with Gasteiger partial charge in [0.2, 0.25) is 15.9 Å². The minimum atomic E-state index is -3.42. The Hall–Kier alpha value is -3.13. The number of fused-ring (bicyclic) bond motifs is 2. The van der Waals surface area contributed by atoms with Gasteiger partial charge in [0.15, 0.2) is 0 Å². The zero-order valence-corrected chi connectivity index (χ0v) is 27.3. The van der Waals surface area contributed by atoms with Crippen LogP contribution in [0.3, 0.4) is 0 Å². The molecule has 13 heteroatoms. The molecule has 3 saturated heterocycles. The number of ether oxygens (including phenoxy) is 2. The second-order valence-electron chi connectivity index (χ2n) is 12.8. The number of alkyl carbamates (subject to hydrolysis) is 1. The number of carbonyl (C=O) groups is 2. The number of halogens is 2. The van der Waals surface area contributed by atoms with Gasteiger partial charge in [0.25, 0.3) is 0 Å². The van der Waals surface area contributed by atoms with Gasteiger partial charge in [-0.25, -0.2) is 22.0 Å². The van der Waals surface area contributed by atoms with Crippen molar-refractivity contribution in [1.82, 2.24) is 14.9 Å². The first-order chi connectivity index (χ1) is 21.9. The molecule has 3 N–H and O–H groups in total. The summed E-state index contributed by atoms with van der Waals surface area (Å²) in [6.45, 7) is 4.76. The van der Waals surface area contributed by atoms with Crippen molar-refractivity contribution in [3.05, 3.63) is 65.2 Å². The van der Waals surface area contributed by atoms with E-state index in [9.17, 15) is 22.4 Å². The fourth-order valence-electron chi connectivity index (χ4n) is 7.37. The Morgan fingerprint density at radius 2 is 1.83 bits per heavy atom. The van der Waals surface area contributed by atoms with Crippen LogP contribution in [0.2, 0.25) is 0 Å². The maximum absolute atomic E-state index is 15.4. The highest BCUT2D eigenvalue weighted by Crippen LogP contribution is 2.39. The van der Waals surface area contributed by atoms with Gasteiger partial charge in [-0.3, -0.25) is 4.79 Å². The molecule has 3 aliphatic heterocycles. The summed E-state index contributed by atoms with van der Waals surface area (Å²) in [5.74, 6) is -2.16. The van der Waals surface area contributed by atoms with Gasteiger partial charge in [0, 0.05) is 42.3 Å². The summed E-state index contributed by atoms with van der Waals surface area (Å²) in [6, 6.07) is 8.84. The van der Waals surface area contributed by atoms with Crippen LogP contribution in [-0.4, -0.2) is 81.0 Å². The fraction of sp³-hybridized carbons (Fsp3) is 0.576. The van der Waals surface area contributed by atoms with Crippen LogP contribution in [0.4, 0.5) is 19.3 Å². The van der Waals surface area contributed by atoms with E-state index in [1.165, 1.54) is 31.4 Å². The molecule has 3 fully saturated rings. The molecule has 252 valence electrons. The lowest BCUT2D eigenvalue weighted by atomic mass is 9.74. The molecule has 5 rings (SSSR count). The first kappa shape index (κ1) is 34.2. The number of carbonyl (C=O) groups excluding carboxylic acids is 2. The number of anilines is 1. The number of rotatable bonds is 9. The molecule has 0 saturated carbocycles. The van der Waals surface area contributed by atoms with Crippen LogP contribution in [-0.2, 0) is 30.7 Å². The summed E-state index contributed by atoms with van der Waals surface area (Å²) in [5, 5.41) is 8.99. The molecule has 0 aromatic heterocycles. The second kappa shape index (κ2) is 14.7. The minimum absolute atomic E-state index is 0.0944. The van der Waals surface area contributed by atoms with Crippen molar-refractivity contribution < 1.29 is 36.3 Å². The van der Waals surface area contributed by atoms with E-state index in [1.54, 1.807) is 22.5 Å². The van der Waals surface area contributed by atoms with Crippen LogP contribution in [0.5, 0.6) is 0 Å². The van der Waals surface area contributed by atoms with Crippen molar-refractivity contribution in [3.8, 4) is 0 Å². The topological polar surface area (TPSA) is 126 Å². The highest BCUT2D eigenvalue weighted by Gasteiger charge is 2.41. The average Bonchev–Trinajstić information content (AvgIpc) is 3.12. The van der Waals surface area contributed by atoms with E-state index in [0.717, 1.165) is 6.42 Å². The molecule has 2 bridgehead atoms. The Labute approximate surface area is 269 Å². The van der Waals surface area contributed by atoms with Crippen molar-refractivity contribution in [1.29, 1.82) is 0 Å². The Bertz CT molecular complexity index is 1480. The Kier molecular flexibility index (Phi) is 11.0. The summed E-state index contributed by atoms with van der Waals surface area (Å²) in [6.07, 6.45) is 2.08. The number of piperazine rings is 1. The van der Waals surface area contributed by atoms with Crippen LogP contribution in [0.25, 0.3) is 0 Å². The van der Waals surface area contributed by atoms with Crippen molar-refractivity contribution in [2.24, 2.45) is 5.92 Å². The number of hydrogen-bond donors (Lipinski definition) is 3. The normalized spacial score (nSPS) is 28.7. The van der Waals surface area contributed by atoms with E-state index in [-0.39, 0.29) is 53.6 Å². The van der Waals surface area contributed by atoms with Crippen LogP contribution in [0.1, 0.15) is 63.0 Å². The van der Waals surface area contributed by atoms with Crippen LogP contribution < -0.4 is 16.0 Å². The van der Waals surface area contributed by atoms with E-state index >= 15 is 4.39 Å². The third kappa shape index (κ3) is 8.04. The Balaban J connectivity index is 1.42. The third-order valence-corrected chi connectivity index (χ3v) is 11.4. The first-order valence-corrected chi connectivity index (χ1v) is 17.6. The van der Waals surface area contributed by atoms with Crippen molar-refractivity contribution >= 4 is 27.7 Å². The van der Waals surface area contributed by atoms with Crippen LogP contribution in [0, 0.1) is 17.6 Å². The van der Waals surface area contributed by atoms with Crippen molar-refractivity contribution in [2.75, 3.05) is 31.3 Å². The molecule has 1 unspecified atom stereocenters. The van der Waals surface area contributed by atoms with E-state index < -0.39 is 45.6 Å². The summed E-state index contributed by atoms with van der Waals surface area (Å²) < 4.78 is 67.7. The molecule has 3 aliphatic rings. The molecular formula is C33H44F2N4O6S. The molecule has 2 aromatic rings.